The predicted octanol–water partition coefficient (Wildman–Crippen LogP) is 2.78. The first kappa shape index (κ1) is 27.6. The minimum Gasteiger partial charge on any atom is -0.395 e. The Hall–Kier alpha value is -2.45. The van der Waals surface area contributed by atoms with Crippen LogP contribution in [0.5, 0.6) is 0 Å². The van der Waals surface area contributed by atoms with Gasteiger partial charge in [0.25, 0.3) is 0 Å². The molecule has 1 spiro atoms. The van der Waals surface area contributed by atoms with Crippen LogP contribution in [0.2, 0.25) is 0 Å². The van der Waals surface area contributed by atoms with Crippen LogP contribution in [0.4, 0.5) is 0 Å². The maximum absolute atomic E-state index is 13.9. The minimum atomic E-state index is -1.08. The summed E-state index contributed by atoms with van der Waals surface area (Å²) in [7, 11) is 0. The summed E-state index contributed by atoms with van der Waals surface area (Å²) in [6.45, 7) is 12.4. The van der Waals surface area contributed by atoms with Crippen LogP contribution in [-0.4, -0.2) is 63.7 Å². The molecule has 1 aromatic rings. The molecule has 2 unspecified atom stereocenters. The fourth-order valence-corrected chi connectivity index (χ4v) is 7.43. The zero-order chi connectivity index (χ0) is 27.2. The van der Waals surface area contributed by atoms with E-state index in [9.17, 15) is 19.5 Å². The van der Waals surface area contributed by atoms with E-state index in [4.69, 9.17) is 4.74 Å². The number of hydrogen-bond acceptors (Lipinski definition) is 5. The van der Waals surface area contributed by atoms with Gasteiger partial charge in [-0.3, -0.25) is 14.4 Å². The Kier molecular flexibility index (Phi) is 7.23. The summed E-state index contributed by atoms with van der Waals surface area (Å²) in [4.78, 5) is 42.9. The SMILES string of the molecule is CC[C@]12CCC3(O1)C(C(=O)NC(C)(C)CC(C)(C)C)N(CCO)C(=O)[C@@H]3[C@H]2C(=O)NCc1ccccc1. The maximum atomic E-state index is 13.9. The van der Waals surface area contributed by atoms with Gasteiger partial charge in [-0.2, -0.15) is 0 Å². The normalized spacial score (nSPS) is 30.9. The van der Waals surface area contributed by atoms with Crippen molar-refractivity contribution >= 4 is 17.7 Å². The monoisotopic (exact) mass is 513 g/mol. The van der Waals surface area contributed by atoms with Crippen molar-refractivity contribution in [3.05, 3.63) is 35.9 Å². The molecule has 3 heterocycles. The second-order valence-corrected chi connectivity index (χ2v) is 12.9. The largest absolute Gasteiger partial charge is 0.395 e. The number of likely N-dealkylation sites (tertiary alicyclic amines) is 1. The first-order chi connectivity index (χ1) is 17.3. The molecule has 3 saturated heterocycles. The highest BCUT2D eigenvalue weighted by Crippen LogP contribution is 2.64. The summed E-state index contributed by atoms with van der Waals surface area (Å²) in [5, 5.41) is 16.0. The van der Waals surface area contributed by atoms with Gasteiger partial charge < -0.3 is 25.4 Å². The molecule has 8 nitrogen and oxygen atoms in total. The van der Waals surface area contributed by atoms with E-state index >= 15 is 0 Å². The van der Waals surface area contributed by atoms with E-state index in [0.717, 1.165) is 12.0 Å². The second-order valence-electron chi connectivity index (χ2n) is 12.9. The molecule has 1 aromatic carbocycles. The number of benzene rings is 1. The molecule has 8 heteroatoms. The standard InChI is InChI=1S/C29H43N3O5/c1-7-28-13-14-29(37-28)21(20(28)23(34)30-17-19-11-9-8-10-12-19)25(36)32(15-16-33)22(29)24(35)31-27(5,6)18-26(2,3)4/h8-12,20-22,33H,7,13-18H2,1-6H3,(H,30,34)(H,31,35)/t20-,21-,22?,28+,29?/m0/s1. The lowest BCUT2D eigenvalue weighted by Crippen LogP contribution is -2.59. The molecule has 0 aliphatic carbocycles. The summed E-state index contributed by atoms with van der Waals surface area (Å²) < 4.78 is 6.74. The van der Waals surface area contributed by atoms with Crippen molar-refractivity contribution in [2.45, 2.75) is 96.6 Å². The number of fused-ring (bicyclic) bond motifs is 1. The molecule has 3 aliphatic heterocycles. The zero-order valence-corrected chi connectivity index (χ0v) is 23.1. The summed E-state index contributed by atoms with van der Waals surface area (Å²) in [5.74, 6) is -2.23. The van der Waals surface area contributed by atoms with Crippen molar-refractivity contribution in [3.8, 4) is 0 Å². The van der Waals surface area contributed by atoms with Gasteiger partial charge in [-0.15, -0.1) is 0 Å². The van der Waals surface area contributed by atoms with Crippen LogP contribution in [0.1, 0.15) is 72.8 Å². The summed E-state index contributed by atoms with van der Waals surface area (Å²) in [6, 6.07) is 8.75. The van der Waals surface area contributed by atoms with Crippen molar-refractivity contribution in [2.75, 3.05) is 13.2 Å². The van der Waals surface area contributed by atoms with Crippen molar-refractivity contribution < 1.29 is 24.2 Å². The molecular formula is C29H43N3O5. The average molecular weight is 514 g/mol. The van der Waals surface area contributed by atoms with Gasteiger partial charge in [0.05, 0.1) is 24.0 Å². The Bertz CT molecular complexity index is 1040. The lowest BCUT2D eigenvalue weighted by atomic mass is 9.65. The van der Waals surface area contributed by atoms with E-state index < -0.39 is 34.6 Å². The van der Waals surface area contributed by atoms with Gasteiger partial charge in [0.2, 0.25) is 17.7 Å². The third kappa shape index (κ3) is 4.90. The number of ether oxygens (including phenoxy) is 1. The first-order valence-electron chi connectivity index (χ1n) is 13.5. The fourth-order valence-electron chi connectivity index (χ4n) is 7.43. The molecule has 2 bridgehead atoms. The van der Waals surface area contributed by atoms with Crippen molar-refractivity contribution in [3.63, 3.8) is 0 Å². The molecule has 5 atom stereocenters. The van der Waals surface area contributed by atoms with Crippen LogP contribution >= 0.6 is 0 Å². The van der Waals surface area contributed by atoms with Crippen LogP contribution in [0.3, 0.4) is 0 Å². The van der Waals surface area contributed by atoms with Crippen LogP contribution in [0.15, 0.2) is 30.3 Å². The predicted molar refractivity (Wildman–Crippen MR) is 140 cm³/mol. The van der Waals surface area contributed by atoms with E-state index in [-0.39, 0.29) is 36.3 Å². The van der Waals surface area contributed by atoms with Gasteiger partial charge >= 0.3 is 0 Å². The van der Waals surface area contributed by atoms with Crippen LogP contribution < -0.4 is 10.6 Å². The molecular weight excluding hydrogens is 470 g/mol. The molecule has 3 fully saturated rings. The first-order valence-corrected chi connectivity index (χ1v) is 13.5. The number of nitrogens with zero attached hydrogens (tertiary/aromatic N) is 1. The molecule has 3 amide bonds. The molecule has 3 aliphatic rings. The van der Waals surface area contributed by atoms with Crippen LogP contribution in [0.25, 0.3) is 0 Å². The number of β-amino-alcohol motifs (C(OH)–C–C–N with tert-alkyl or cyclic N) is 1. The maximum Gasteiger partial charge on any atom is 0.246 e. The van der Waals surface area contributed by atoms with Gasteiger partial charge in [-0.25, -0.2) is 0 Å². The van der Waals surface area contributed by atoms with Gasteiger partial charge in [0.1, 0.15) is 11.6 Å². The van der Waals surface area contributed by atoms with Gasteiger partial charge in [-0.1, -0.05) is 58.0 Å². The molecule has 37 heavy (non-hydrogen) atoms. The number of amides is 3. The lowest BCUT2D eigenvalue weighted by Gasteiger charge is -2.38. The van der Waals surface area contributed by atoms with Gasteiger partial charge in [0, 0.05) is 18.6 Å². The van der Waals surface area contributed by atoms with Crippen LogP contribution in [0, 0.1) is 17.3 Å². The molecule has 0 saturated carbocycles. The van der Waals surface area contributed by atoms with Gasteiger partial charge in [0.15, 0.2) is 0 Å². The number of nitrogens with one attached hydrogen (secondary N) is 2. The van der Waals surface area contributed by atoms with Crippen LogP contribution in [-0.2, 0) is 25.7 Å². The molecule has 4 rings (SSSR count). The summed E-state index contributed by atoms with van der Waals surface area (Å²) >= 11 is 0. The fraction of sp³-hybridized carbons (Fsp3) is 0.690. The zero-order valence-electron chi connectivity index (χ0n) is 23.1. The van der Waals surface area contributed by atoms with E-state index in [1.54, 1.807) is 0 Å². The van der Waals surface area contributed by atoms with Crippen molar-refractivity contribution in [1.29, 1.82) is 0 Å². The number of carbonyl (C=O) groups is 3. The Balaban J connectivity index is 1.65. The van der Waals surface area contributed by atoms with E-state index in [2.05, 4.69) is 31.4 Å². The molecule has 204 valence electrons. The Morgan fingerprint density at radius 2 is 1.78 bits per heavy atom. The van der Waals surface area contributed by atoms with E-state index in [1.165, 1.54) is 4.90 Å². The molecule has 0 radical (unpaired) electrons. The lowest BCUT2D eigenvalue weighted by molar-refractivity contribution is -0.148. The highest BCUT2D eigenvalue weighted by atomic mass is 16.5. The smallest absolute Gasteiger partial charge is 0.246 e. The number of rotatable bonds is 9. The second kappa shape index (κ2) is 9.70. The van der Waals surface area contributed by atoms with Crippen molar-refractivity contribution in [1.82, 2.24) is 15.5 Å². The van der Waals surface area contributed by atoms with Gasteiger partial charge in [-0.05, 0) is 50.5 Å². The molecule has 3 N–H and O–H groups in total. The topological polar surface area (TPSA) is 108 Å². The van der Waals surface area contributed by atoms with E-state index in [0.29, 0.717) is 25.8 Å². The third-order valence-corrected chi connectivity index (χ3v) is 8.30. The average Bonchev–Trinajstić information content (AvgIpc) is 3.40. The van der Waals surface area contributed by atoms with Crippen molar-refractivity contribution in [2.24, 2.45) is 17.3 Å². The third-order valence-electron chi connectivity index (χ3n) is 8.30. The Labute approximate surface area is 220 Å². The number of aliphatic hydroxyl groups excluding tert-OH is 1. The Morgan fingerprint density at radius 1 is 1.11 bits per heavy atom. The highest BCUT2D eigenvalue weighted by molar-refractivity contribution is 5.99. The number of hydrogen-bond donors (Lipinski definition) is 3. The number of carbonyl (C=O) groups excluding carboxylic acids is 3. The molecule has 0 aromatic heterocycles. The highest BCUT2D eigenvalue weighted by Gasteiger charge is 2.78. The minimum absolute atomic E-state index is 0.00952. The summed E-state index contributed by atoms with van der Waals surface area (Å²) in [6.07, 6.45) is 2.46. The Morgan fingerprint density at radius 3 is 2.38 bits per heavy atom. The number of aliphatic hydroxyl groups is 1. The quantitative estimate of drug-likeness (QED) is 0.471. The van der Waals surface area contributed by atoms with E-state index in [1.807, 2.05) is 51.1 Å². The summed E-state index contributed by atoms with van der Waals surface area (Å²) in [5.41, 5.74) is -1.42.